The summed E-state index contributed by atoms with van der Waals surface area (Å²) in [7, 11) is 1.58. The molecule has 0 saturated carbocycles. The Bertz CT molecular complexity index is 195. The molecule has 0 aromatic rings. The molecule has 1 unspecified atom stereocenters. The Morgan fingerprint density at radius 2 is 2.58 bits per heavy atom. The van der Waals surface area contributed by atoms with Crippen LogP contribution in [-0.2, 0) is 14.3 Å². The van der Waals surface area contributed by atoms with Gasteiger partial charge in [0.15, 0.2) is 0 Å². The number of carbonyl (C=O) groups excluding carboxylic acids is 2. The van der Waals surface area contributed by atoms with E-state index in [4.69, 9.17) is 4.74 Å². The maximum absolute atomic E-state index is 10.9. The van der Waals surface area contributed by atoms with Gasteiger partial charge in [0.2, 0.25) is 5.91 Å². The molecule has 1 aliphatic heterocycles. The third-order valence-electron chi connectivity index (χ3n) is 1.58. The summed E-state index contributed by atoms with van der Waals surface area (Å²) in [5.74, 6) is 0.0830. The number of esters is 1. The van der Waals surface area contributed by atoms with Gasteiger partial charge in [-0.15, -0.1) is 11.8 Å². The lowest BCUT2D eigenvalue weighted by atomic mass is 10.4. The summed E-state index contributed by atoms with van der Waals surface area (Å²) < 4.78 is 4.74. The summed E-state index contributed by atoms with van der Waals surface area (Å²) in [4.78, 5) is 21.7. The Morgan fingerprint density at radius 1 is 1.83 bits per heavy atom. The van der Waals surface area contributed by atoms with E-state index in [1.807, 2.05) is 0 Å². The fourth-order valence-corrected chi connectivity index (χ4v) is 1.84. The van der Waals surface area contributed by atoms with Crippen molar-refractivity contribution in [2.75, 3.05) is 19.4 Å². The van der Waals surface area contributed by atoms with Gasteiger partial charge in [0.25, 0.3) is 0 Å². The molecule has 0 radical (unpaired) electrons. The second-order valence-electron chi connectivity index (χ2n) is 2.43. The molecule has 1 heterocycles. The van der Waals surface area contributed by atoms with E-state index in [0.717, 1.165) is 6.42 Å². The molecule has 5 heteroatoms. The highest BCUT2D eigenvalue weighted by atomic mass is 32.2. The van der Waals surface area contributed by atoms with Crippen LogP contribution in [-0.4, -0.2) is 36.5 Å². The number of hydrogen-bond donors (Lipinski definition) is 1. The van der Waals surface area contributed by atoms with Gasteiger partial charge in [-0.3, -0.25) is 9.59 Å². The Hall–Kier alpha value is -0.710. The maximum Gasteiger partial charge on any atom is 0.319 e. The van der Waals surface area contributed by atoms with Crippen LogP contribution >= 0.6 is 11.8 Å². The lowest BCUT2D eigenvalue weighted by molar-refractivity contribution is -0.137. The summed E-state index contributed by atoms with van der Waals surface area (Å²) in [6, 6.07) is 0. The van der Waals surface area contributed by atoms with Crippen molar-refractivity contribution in [3.8, 4) is 0 Å². The molecule has 1 saturated heterocycles. The number of hydrogen-bond acceptors (Lipinski definition) is 4. The highest BCUT2D eigenvalue weighted by molar-refractivity contribution is 8.01. The van der Waals surface area contributed by atoms with E-state index >= 15 is 0 Å². The molecule has 0 aliphatic carbocycles. The van der Waals surface area contributed by atoms with Crippen molar-refractivity contribution >= 4 is 23.6 Å². The van der Waals surface area contributed by atoms with E-state index in [1.165, 1.54) is 11.8 Å². The molecular formula is C7H11NO3S. The Kier molecular flexibility index (Phi) is 3.40. The summed E-state index contributed by atoms with van der Waals surface area (Å²) >= 11 is 1.34. The van der Waals surface area contributed by atoms with Crippen molar-refractivity contribution in [2.45, 2.75) is 11.7 Å². The lowest BCUT2D eigenvalue weighted by Gasteiger charge is -2.03. The number of carbonyl (C=O) groups is 2. The highest BCUT2D eigenvalue weighted by Crippen LogP contribution is 2.21. The van der Waals surface area contributed by atoms with Gasteiger partial charge in [-0.05, 0) is 0 Å². The SMILES string of the molecule is CNC(=O)CSC1CCOC1=O. The number of rotatable bonds is 3. The average Bonchev–Trinajstić information content (AvgIpc) is 2.47. The van der Waals surface area contributed by atoms with E-state index in [9.17, 15) is 9.59 Å². The Morgan fingerprint density at radius 3 is 3.08 bits per heavy atom. The van der Waals surface area contributed by atoms with E-state index < -0.39 is 0 Å². The van der Waals surface area contributed by atoms with Gasteiger partial charge in [-0.2, -0.15) is 0 Å². The minimum atomic E-state index is -0.191. The molecule has 0 aromatic heterocycles. The number of thioether (sulfide) groups is 1. The smallest absolute Gasteiger partial charge is 0.319 e. The number of cyclic esters (lactones) is 1. The first-order valence-corrected chi connectivity index (χ1v) is 4.77. The molecule has 1 amide bonds. The fourth-order valence-electron chi connectivity index (χ4n) is 0.877. The topological polar surface area (TPSA) is 55.4 Å². The quantitative estimate of drug-likeness (QED) is 0.624. The average molecular weight is 189 g/mol. The Balaban J connectivity index is 2.22. The van der Waals surface area contributed by atoms with E-state index in [2.05, 4.69) is 5.32 Å². The minimum Gasteiger partial charge on any atom is -0.465 e. The molecule has 68 valence electrons. The largest absolute Gasteiger partial charge is 0.465 e. The number of amides is 1. The molecule has 0 spiro atoms. The molecule has 1 atom stereocenters. The standard InChI is InChI=1S/C7H11NO3S/c1-8-6(9)4-12-5-2-3-11-7(5)10/h5H,2-4H2,1H3,(H,8,9). The van der Waals surface area contributed by atoms with Gasteiger partial charge in [0.1, 0.15) is 5.25 Å². The maximum atomic E-state index is 10.9. The van der Waals surface area contributed by atoms with Crippen LogP contribution in [0, 0.1) is 0 Å². The molecule has 1 aliphatic rings. The first-order chi connectivity index (χ1) is 5.74. The number of nitrogens with one attached hydrogen (secondary N) is 1. The summed E-state index contributed by atoms with van der Waals surface area (Å²) in [6.07, 6.45) is 0.723. The van der Waals surface area contributed by atoms with Gasteiger partial charge in [0, 0.05) is 13.5 Å². The molecular weight excluding hydrogens is 178 g/mol. The van der Waals surface area contributed by atoms with E-state index in [0.29, 0.717) is 12.4 Å². The van der Waals surface area contributed by atoms with Crippen molar-refractivity contribution in [3.63, 3.8) is 0 Å². The van der Waals surface area contributed by atoms with Gasteiger partial charge in [-0.1, -0.05) is 0 Å². The lowest BCUT2D eigenvalue weighted by Crippen LogP contribution is -2.22. The summed E-state index contributed by atoms with van der Waals surface area (Å²) in [5.41, 5.74) is 0. The van der Waals surface area contributed by atoms with Crippen LogP contribution in [0.3, 0.4) is 0 Å². The molecule has 0 bridgehead atoms. The summed E-state index contributed by atoms with van der Waals surface area (Å²) in [5, 5.41) is 2.36. The normalized spacial score (nSPS) is 22.1. The predicted octanol–water partition coefficient (Wildman–Crippen LogP) is -0.219. The zero-order valence-electron chi connectivity index (χ0n) is 6.83. The predicted molar refractivity (Wildman–Crippen MR) is 45.9 cm³/mol. The van der Waals surface area contributed by atoms with Crippen LogP contribution in [0.1, 0.15) is 6.42 Å². The molecule has 0 aromatic carbocycles. The highest BCUT2D eigenvalue weighted by Gasteiger charge is 2.27. The molecule has 1 rings (SSSR count). The van der Waals surface area contributed by atoms with Crippen molar-refractivity contribution in [3.05, 3.63) is 0 Å². The molecule has 1 N–H and O–H groups in total. The van der Waals surface area contributed by atoms with Gasteiger partial charge < -0.3 is 10.1 Å². The third-order valence-corrected chi connectivity index (χ3v) is 2.84. The monoisotopic (exact) mass is 189 g/mol. The molecule has 4 nitrogen and oxygen atoms in total. The van der Waals surface area contributed by atoms with Crippen LogP contribution in [0.4, 0.5) is 0 Å². The fraction of sp³-hybridized carbons (Fsp3) is 0.714. The second-order valence-corrected chi connectivity index (χ2v) is 3.62. The first kappa shape index (κ1) is 9.38. The zero-order chi connectivity index (χ0) is 8.97. The number of ether oxygens (including phenoxy) is 1. The minimum absolute atomic E-state index is 0.0558. The Labute approximate surface area is 75.0 Å². The van der Waals surface area contributed by atoms with Crippen LogP contribution in [0.15, 0.2) is 0 Å². The van der Waals surface area contributed by atoms with Crippen molar-refractivity contribution in [1.82, 2.24) is 5.32 Å². The van der Waals surface area contributed by atoms with Gasteiger partial charge in [-0.25, -0.2) is 0 Å². The van der Waals surface area contributed by atoms with Crippen LogP contribution < -0.4 is 5.32 Å². The van der Waals surface area contributed by atoms with E-state index in [1.54, 1.807) is 7.05 Å². The summed E-state index contributed by atoms with van der Waals surface area (Å²) in [6.45, 7) is 0.490. The third kappa shape index (κ3) is 2.41. The van der Waals surface area contributed by atoms with Crippen LogP contribution in [0.25, 0.3) is 0 Å². The van der Waals surface area contributed by atoms with E-state index in [-0.39, 0.29) is 17.1 Å². The molecule has 12 heavy (non-hydrogen) atoms. The van der Waals surface area contributed by atoms with Crippen LogP contribution in [0.5, 0.6) is 0 Å². The van der Waals surface area contributed by atoms with Crippen LogP contribution in [0.2, 0.25) is 0 Å². The molecule has 1 fully saturated rings. The van der Waals surface area contributed by atoms with Crippen molar-refractivity contribution in [2.24, 2.45) is 0 Å². The van der Waals surface area contributed by atoms with Crippen molar-refractivity contribution < 1.29 is 14.3 Å². The zero-order valence-corrected chi connectivity index (χ0v) is 7.65. The van der Waals surface area contributed by atoms with Crippen molar-refractivity contribution in [1.29, 1.82) is 0 Å². The first-order valence-electron chi connectivity index (χ1n) is 3.73. The van der Waals surface area contributed by atoms with Gasteiger partial charge >= 0.3 is 5.97 Å². The van der Waals surface area contributed by atoms with Gasteiger partial charge in [0.05, 0.1) is 12.4 Å². The second kappa shape index (κ2) is 4.35.